The van der Waals surface area contributed by atoms with Gasteiger partial charge >= 0.3 is 0 Å². The van der Waals surface area contributed by atoms with Crippen molar-refractivity contribution < 1.29 is 0 Å². The van der Waals surface area contributed by atoms with Gasteiger partial charge in [-0.15, -0.1) is 0 Å². The van der Waals surface area contributed by atoms with Crippen molar-refractivity contribution in [1.82, 2.24) is 0 Å². The summed E-state index contributed by atoms with van der Waals surface area (Å²) in [6, 6.07) is 13.5. The van der Waals surface area contributed by atoms with Crippen LogP contribution in [0.3, 0.4) is 0 Å². The lowest BCUT2D eigenvalue weighted by Gasteiger charge is -2.29. The van der Waals surface area contributed by atoms with Crippen LogP contribution in [0.15, 0.2) is 43.0 Å². The highest BCUT2D eigenvalue weighted by atomic mass is 35.5. The van der Waals surface area contributed by atoms with Gasteiger partial charge in [0.05, 0.1) is 0 Å². The molecule has 0 nitrogen and oxygen atoms in total. The Labute approximate surface area is 171 Å². The Morgan fingerprint density at radius 1 is 1.00 bits per heavy atom. The Kier molecular flexibility index (Phi) is 7.74. The van der Waals surface area contributed by atoms with Crippen LogP contribution in [-0.4, -0.2) is 0 Å². The van der Waals surface area contributed by atoms with Gasteiger partial charge in [-0.1, -0.05) is 95.0 Å². The maximum absolute atomic E-state index is 6.65. The van der Waals surface area contributed by atoms with Gasteiger partial charge < -0.3 is 0 Å². The third kappa shape index (κ3) is 5.05. The van der Waals surface area contributed by atoms with E-state index in [4.69, 9.17) is 11.6 Å². The van der Waals surface area contributed by atoms with Crippen LogP contribution in [0.25, 0.3) is 16.7 Å². The van der Waals surface area contributed by atoms with E-state index in [0.29, 0.717) is 0 Å². The Hall–Kier alpha value is -1.53. The molecule has 0 saturated heterocycles. The zero-order valence-electron chi connectivity index (χ0n) is 17.8. The molecule has 0 heterocycles. The number of rotatable bonds is 9. The molecule has 0 aromatic heterocycles. The largest absolute Gasteiger partial charge is 0.0955 e. The topological polar surface area (TPSA) is 0 Å². The molecule has 146 valence electrons. The van der Waals surface area contributed by atoms with Crippen molar-refractivity contribution in [3.8, 4) is 11.1 Å². The normalized spacial score (nSPS) is 13.4. The molecule has 0 spiro atoms. The molecule has 2 aromatic rings. The van der Waals surface area contributed by atoms with E-state index in [9.17, 15) is 0 Å². The third-order valence-electron chi connectivity index (χ3n) is 5.93. The molecular formula is C26H35Cl. The molecule has 2 rings (SSSR count). The Morgan fingerprint density at radius 2 is 1.67 bits per heavy atom. The first-order valence-corrected chi connectivity index (χ1v) is 10.8. The molecule has 0 aliphatic rings. The smallest absolute Gasteiger partial charge is 0.0450 e. The van der Waals surface area contributed by atoms with E-state index < -0.39 is 0 Å². The van der Waals surface area contributed by atoms with Crippen LogP contribution >= 0.6 is 11.6 Å². The maximum Gasteiger partial charge on any atom is 0.0450 e. The summed E-state index contributed by atoms with van der Waals surface area (Å²) in [5, 5.41) is 0.859. The SMILES string of the molecule is C=C(C)c1cc(-c2ccc(C(C)(CC)CCCC)cc2)cc(Cl)c1CCC. The van der Waals surface area contributed by atoms with Gasteiger partial charge in [-0.25, -0.2) is 0 Å². The van der Waals surface area contributed by atoms with Crippen LogP contribution in [0.4, 0.5) is 0 Å². The first-order chi connectivity index (χ1) is 12.9. The summed E-state index contributed by atoms with van der Waals surface area (Å²) in [6.45, 7) is 15.4. The minimum absolute atomic E-state index is 0.264. The van der Waals surface area contributed by atoms with Crippen molar-refractivity contribution in [2.45, 2.75) is 78.6 Å². The molecule has 0 N–H and O–H groups in total. The standard InChI is InChI=1S/C26H35Cl/c1-7-10-16-26(6,9-3)22-14-12-20(13-15-22)21-17-24(19(4)5)23(11-8-2)25(27)18-21/h12-15,17-18H,4,7-11,16H2,1-3,5-6H3. The highest BCUT2D eigenvalue weighted by Crippen LogP contribution is 2.36. The van der Waals surface area contributed by atoms with Crippen LogP contribution in [0.1, 0.15) is 83.4 Å². The van der Waals surface area contributed by atoms with Crippen LogP contribution < -0.4 is 0 Å². The maximum atomic E-state index is 6.65. The number of halogens is 1. The molecule has 0 fully saturated rings. The fraction of sp³-hybridized carbons (Fsp3) is 0.462. The van der Waals surface area contributed by atoms with Crippen molar-refractivity contribution in [3.05, 3.63) is 64.7 Å². The van der Waals surface area contributed by atoms with Crippen molar-refractivity contribution in [3.63, 3.8) is 0 Å². The number of hydrogen-bond donors (Lipinski definition) is 0. The second kappa shape index (κ2) is 9.60. The predicted molar refractivity (Wildman–Crippen MR) is 123 cm³/mol. The molecule has 0 bridgehead atoms. The lowest BCUT2D eigenvalue weighted by Crippen LogP contribution is -2.20. The van der Waals surface area contributed by atoms with Crippen LogP contribution in [0.2, 0.25) is 5.02 Å². The van der Waals surface area contributed by atoms with Gasteiger partial charge in [0.15, 0.2) is 0 Å². The summed E-state index contributed by atoms with van der Waals surface area (Å²) < 4.78 is 0. The van der Waals surface area contributed by atoms with Gasteiger partial charge in [-0.05, 0) is 71.6 Å². The van der Waals surface area contributed by atoms with Gasteiger partial charge in [0.1, 0.15) is 0 Å². The Morgan fingerprint density at radius 3 is 2.19 bits per heavy atom. The predicted octanol–water partition coefficient (Wildman–Crippen LogP) is 8.85. The summed E-state index contributed by atoms with van der Waals surface area (Å²) >= 11 is 6.65. The van der Waals surface area contributed by atoms with Crippen molar-refractivity contribution in [1.29, 1.82) is 0 Å². The first kappa shape index (κ1) is 21.8. The molecule has 2 aromatic carbocycles. The van der Waals surface area contributed by atoms with Crippen LogP contribution in [0.5, 0.6) is 0 Å². The number of unbranched alkanes of at least 4 members (excludes halogenated alkanes) is 1. The molecule has 1 heteroatoms. The van der Waals surface area contributed by atoms with Crippen LogP contribution in [0, 0.1) is 0 Å². The second-order valence-electron chi connectivity index (χ2n) is 8.11. The lowest BCUT2D eigenvalue weighted by molar-refractivity contribution is 0.403. The highest BCUT2D eigenvalue weighted by molar-refractivity contribution is 6.32. The molecule has 27 heavy (non-hydrogen) atoms. The summed E-state index contributed by atoms with van der Waals surface area (Å²) in [5.41, 5.74) is 7.61. The average molecular weight is 383 g/mol. The van der Waals surface area contributed by atoms with E-state index in [1.165, 1.54) is 53.5 Å². The molecular weight excluding hydrogens is 348 g/mol. The van der Waals surface area contributed by atoms with E-state index in [1.54, 1.807) is 0 Å². The highest BCUT2D eigenvalue weighted by Gasteiger charge is 2.23. The molecule has 1 atom stereocenters. The number of allylic oxidation sites excluding steroid dienone is 1. The summed E-state index contributed by atoms with van der Waals surface area (Å²) in [4.78, 5) is 0. The first-order valence-electron chi connectivity index (χ1n) is 10.5. The fourth-order valence-electron chi connectivity index (χ4n) is 3.85. The average Bonchev–Trinajstić information content (AvgIpc) is 2.67. The molecule has 1 unspecified atom stereocenters. The lowest BCUT2D eigenvalue weighted by atomic mass is 9.76. The fourth-order valence-corrected chi connectivity index (χ4v) is 4.16. The second-order valence-corrected chi connectivity index (χ2v) is 8.52. The van der Waals surface area contributed by atoms with E-state index in [0.717, 1.165) is 23.4 Å². The van der Waals surface area contributed by atoms with Crippen molar-refractivity contribution in [2.75, 3.05) is 0 Å². The molecule has 0 saturated carbocycles. The molecule has 0 aliphatic carbocycles. The summed E-state index contributed by atoms with van der Waals surface area (Å²) in [7, 11) is 0. The van der Waals surface area contributed by atoms with Crippen molar-refractivity contribution >= 4 is 17.2 Å². The zero-order chi connectivity index (χ0) is 20.0. The van der Waals surface area contributed by atoms with E-state index in [2.05, 4.69) is 77.6 Å². The molecule has 0 aliphatic heterocycles. The summed E-state index contributed by atoms with van der Waals surface area (Å²) in [6.07, 6.45) is 7.02. The van der Waals surface area contributed by atoms with E-state index in [1.807, 2.05) is 0 Å². The van der Waals surface area contributed by atoms with Gasteiger partial charge in [-0.3, -0.25) is 0 Å². The number of hydrogen-bond acceptors (Lipinski definition) is 0. The van der Waals surface area contributed by atoms with Crippen LogP contribution in [-0.2, 0) is 11.8 Å². The van der Waals surface area contributed by atoms with Crippen molar-refractivity contribution in [2.24, 2.45) is 0 Å². The summed E-state index contributed by atoms with van der Waals surface area (Å²) in [5.74, 6) is 0. The minimum Gasteiger partial charge on any atom is -0.0955 e. The Bertz CT molecular complexity index is 770. The number of benzene rings is 2. The third-order valence-corrected chi connectivity index (χ3v) is 6.27. The van der Waals surface area contributed by atoms with Gasteiger partial charge in [0.2, 0.25) is 0 Å². The monoisotopic (exact) mass is 382 g/mol. The van der Waals surface area contributed by atoms with E-state index >= 15 is 0 Å². The van der Waals surface area contributed by atoms with Gasteiger partial charge in [0.25, 0.3) is 0 Å². The van der Waals surface area contributed by atoms with E-state index in [-0.39, 0.29) is 5.41 Å². The minimum atomic E-state index is 0.264. The zero-order valence-corrected chi connectivity index (χ0v) is 18.5. The van der Waals surface area contributed by atoms with Gasteiger partial charge in [0, 0.05) is 5.02 Å². The molecule has 0 amide bonds. The van der Waals surface area contributed by atoms with Gasteiger partial charge in [-0.2, -0.15) is 0 Å². The quantitative estimate of drug-likeness (QED) is 0.406. The Balaban J connectivity index is 2.41. The molecule has 0 radical (unpaired) electrons.